The molecule has 0 aliphatic carbocycles. The lowest BCUT2D eigenvalue weighted by atomic mass is 9.95. The molecule has 3 rings (SSSR count). The van der Waals surface area contributed by atoms with Crippen LogP contribution >= 0.6 is 0 Å². The lowest BCUT2D eigenvalue weighted by Crippen LogP contribution is -2.11. The minimum absolute atomic E-state index is 0.0339. The largest absolute Gasteiger partial charge is 0.462 e. The molecule has 7 heteroatoms. The molecule has 0 amide bonds. The number of carbonyl (C=O) groups is 1. The van der Waals surface area contributed by atoms with Crippen LogP contribution in [0, 0.1) is 17.2 Å². The second kappa shape index (κ2) is 8.23. The highest BCUT2D eigenvalue weighted by atomic mass is 19.4. The summed E-state index contributed by atoms with van der Waals surface area (Å²) in [5, 5.41) is 10.00. The molecule has 0 atom stereocenters. The van der Waals surface area contributed by atoms with Crippen LogP contribution in [-0.2, 0) is 17.3 Å². The van der Waals surface area contributed by atoms with Crippen LogP contribution in [-0.4, -0.2) is 17.1 Å². The highest BCUT2D eigenvalue weighted by Gasteiger charge is 2.34. The first-order chi connectivity index (χ1) is 14.2. The molecule has 30 heavy (non-hydrogen) atoms. The normalized spacial score (nSPS) is 11.7. The Kier molecular flexibility index (Phi) is 5.88. The molecule has 156 valence electrons. The number of fused-ring (bicyclic) bond motifs is 1. The molecule has 2 aromatic carbocycles. The Hall–Kier alpha value is -3.27. The van der Waals surface area contributed by atoms with Crippen LogP contribution in [0.5, 0.6) is 0 Å². The predicted octanol–water partition coefficient (Wildman–Crippen LogP) is 5.90. The average molecular weight is 414 g/mol. The quantitative estimate of drug-likeness (QED) is 0.489. The fourth-order valence-corrected chi connectivity index (χ4v) is 3.46. The van der Waals surface area contributed by atoms with Gasteiger partial charge in [-0.05, 0) is 61.2 Å². The van der Waals surface area contributed by atoms with E-state index in [4.69, 9.17) is 4.74 Å². The van der Waals surface area contributed by atoms with Crippen molar-refractivity contribution in [1.82, 2.24) is 4.57 Å². The Morgan fingerprint density at radius 1 is 1.20 bits per heavy atom. The minimum atomic E-state index is -4.51. The van der Waals surface area contributed by atoms with Crippen LogP contribution in [0.2, 0.25) is 0 Å². The molecule has 3 aromatic rings. The van der Waals surface area contributed by atoms with Crippen LogP contribution in [0.4, 0.5) is 13.2 Å². The van der Waals surface area contributed by atoms with Crippen LogP contribution in [0.1, 0.15) is 47.8 Å². The zero-order valence-electron chi connectivity index (χ0n) is 16.9. The van der Waals surface area contributed by atoms with Crippen molar-refractivity contribution in [2.45, 2.75) is 33.4 Å². The molecule has 0 spiro atoms. The summed E-state index contributed by atoms with van der Waals surface area (Å²) in [4.78, 5) is 11.8. The van der Waals surface area contributed by atoms with E-state index in [9.17, 15) is 23.2 Å². The van der Waals surface area contributed by atoms with Crippen molar-refractivity contribution < 1.29 is 22.7 Å². The maximum atomic E-state index is 13.7. The highest BCUT2D eigenvalue weighted by Crippen LogP contribution is 2.37. The second-order valence-electron chi connectivity index (χ2n) is 7.41. The van der Waals surface area contributed by atoms with Gasteiger partial charge in [0.1, 0.15) is 6.07 Å². The zero-order valence-corrected chi connectivity index (χ0v) is 16.9. The molecule has 0 saturated heterocycles. The van der Waals surface area contributed by atoms with Gasteiger partial charge in [-0.25, -0.2) is 4.79 Å². The third kappa shape index (κ3) is 4.18. The van der Waals surface area contributed by atoms with E-state index < -0.39 is 17.7 Å². The number of nitriles is 1. The molecule has 4 nitrogen and oxygen atoms in total. The lowest BCUT2D eigenvalue weighted by Gasteiger charge is -2.16. The number of halogens is 3. The number of ether oxygens (including phenoxy) is 1. The van der Waals surface area contributed by atoms with Crippen molar-refractivity contribution in [3.8, 4) is 11.8 Å². The van der Waals surface area contributed by atoms with Gasteiger partial charge in [-0.1, -0.05) is 13.8 Å². The molecule has 0 aliphatic rings. The first-order valence-corrected chi connectivity index (χ1v) is 9.58. The number of esters is 1. The molecule has 0 unspecified atom stereocenters. The van der Waals surface area contributed by atoms with Crippen molar-refractivity contribution in [1.29, 1.82) is 5.26 Å². The van der Waals surface area contributed by atoms with Gasteiger partial charge in [0.05, 0.1) is 28.8 Å². The van der Waals surface area contributed by atoms with Gasteiger partial charge in [-0.2, -0.15) is 18.4 Å². The summed E-state index contributed by atoms with van der Waals surface area (Å²) >= 11 is 0. The molecule has 0 fully saturated rings. The van der Waals surface area contributed by atoms with E-state index in [2.05, 4.69) is 6.07 Å². The van der Waals surface area contributed by atoms with Gasteiger partial charge >= 0.3 is 12.1 Å². The predicted molar refractivity (Wildman–Crippen MR) is 107 cm³/mol. The number of nitrogens with zero attached hydrogens (tertiary/aromatic N) is 2. The third-order valence-electron chi connectivity index (χ3n) is 4.74. The number of benzene rings is 2. The van der Waals surface area contributed by atoms with Crippen molar-refractivity contribution in [2.24, 2.45) is 5.92 Å². The van der Waals surface area contributed by atoms with Gasteiger partial charge in [0.2, 0.25) is 0 Å². The van der Waals surface area contributed by atoms with Gasteiger partial charge in [0, 0.05) is 17.3 Å². The topological polar surface area (TPSA) is 55.0 Å². The van der Waals surface area contributed by atoms with Crippen molar-refractivity contribution in [3.05, 3.63) is 64.8 Å². The van der Waals surface area contributed by atoms with Crippen LogP contribution in [0.15, 0.2) is 42.6 Å². The van der Waals surface area contributed by atoms with Crippen LogP contribution in [0.3, 0.4) is 0 Å². The molecule has 0 bridgehead atoms. The molecule has 0 N–H and O–H groups in total. The zero-order chi connectivity index (χ0) is 22.1. The Bertz CT molecular complexity index is 1120. The van der Waals surface area contributed by atoms with Gasteiger partial charge in [0.25, 0.3) is 0 Å². The van der Waals surface area contributed by atoms with E-state index in [0.29, 0.717) is 16.6 Å². The summed E-state index contributed by atoms with van der Waals surface area (Å²) in [6.07, 6.45) is -2.73. The summed E-state index contributed by atoms with van der Waals surface area (Å²) in [7, 11) is 0. The van der Waals surface area contributed by atoms with E-state index in [0.717, 1.165) is 6.07 Å². The smallest absolute Gasteiger partial charge is 0.416 e. The van der Waals surface area contributed by atoms with E-state index in [-0.39, 0.29) is 35.6 Å². The summed E-state index contributed by atoms with van der Waals surface area (Å²) in [5.74, 6) is -0.441. The second-order valence-corrected chi connectivity index (χ2v) is 7.41. The molecule has 0 saturated carbocycles. The monoisotopic (exact) mass is 414 g/mol. The number of alkyl halides is 3. The molecule has 1 aromatic heterocycles. The van der Waals surface area contributed by atoms with Crippen molar-refractivity contribution in [3.63, 3.8) is 0 Å². The molecule has 1 heterocycles. The van der Waals surface area contributed by atoms with Crippen LogP contribution < -0.4 is 0 Å². The van der Waals surface area contributed by atoms with E-state index >= 15 is 0 Å². The van der Waals surface area contributed by atoms with Gasteiger partial charge in [-0.3, -0.25) is 0 Å². The number of rotatable bonds is 5. The standard InChI is InChI=1S/C23H21F3N2O2/c1-4-30-22(29)15-5-7-18(8-6-15)28-13-17(12-27)19-10-16(9-14(2)3)20(11-21(19)28)23(24,25)26/h5-8,10-11,13-14H,4,9H2,1-3H3. The molecule has 0 aliphatic heterocycles. The SMILES string of the molecule is CCOC(=O)c1ccc(-n2cc(C#N)c3cc(CC(C)C)c(C(F)(F)F)cc32)cc1. The lowest BCUT2D eigenvalue weighted by molar-refractivity contribution is -0.138. The maximum Gasteiger partial charge on any atom is 0.416 e. The van der Waals surface area contributed by atoms with E-state index in [1.807, 2.05) is 13.8 Å². The molecular formula is C23H21F3N2O2. The summed E-state index contributed by atoms with van der Waals surface area (Å²) in [6, 6.07) is 11.0. The Morgan fingerprint density at radius 2 is 1.87 bits per heavy atom. The summed E-state index contributed by atoms with van der Waals surface area (Å²) < 4.78 is 47.7. The third-order valence-corrected chi connectivity index (χ3v) is 4.74. The highest BCUT2D eigenvalue weighted by molar-refractivity contribution is 5.91. The first kappa shape index (κ1) is 21.4. The van der Waals surface area contributed by atoms with Crippen molar-refractivity contribution >= 4 is 16.9 Å². The number of aromatic nitrogens is 1. The molecular weight excluding hydrogens is 393 g/mol. The van der Waals surface area contributed by atoms with E-state index in [1.54, 1.807) is 31.2 Å². The van der Waals surface area contributed by atoms with Gasteiger partial charge in [0.15, 0.2) is 0 Å². The summed E-state index contributed by atoms with van der Waals surface area (Å²) in [6.45, 7) is 5.65. The van der Waals surface area contributed by atoms with Gasteiger partial charge < -0.3 is 9.30 Å². The Morgan fingerprint density at radius 3 is 2.40 bits per heavy atom. The Labute approximate surface area is 172 Å². The molecule has 0 radical (unpaired) electrons. The van der Waals surface area contributed by atoms with Gasteiger partial charge in [-0.15, -0.1) is 0 Å². The van der Waals surface area contributed by atoms with Crippen molar-refractivity contribution in [2.75, 3.05) is 6.61 Å². The first-order valence-electron chi connectivity index (χ1n) is 9.58. The minimum Gasteiger partial charge on any atom is -0.462 e. The number of hydrogen-bond donors (Lipinski definition) is 0. The average Bonchev–Trinajstić information content (AvgIpc) is 3.04. The van der Waals surface area contributed by atoms with Crippen LogP contribution in [0.25, 0.3) is 16.6 Å². The Balaban J connectivity index is 2.19. The number of carbonyl (C=O) groups excluding carboxylic acids is 1. The fourth-order valence-electron chi connectivity index (χ4n) is 3.46. The summed E-state index contributed by atoms with van der Waals surface area (Å²) in [5.41, 5.74) is 0.938. The van der Waals surface area contributed by atoms with E-state index in [1.165, 1.54) is 16.8 Å². The number of hydrogen-bond acceptors (Lipinski definition) is 3. The fraction of sp³-hybridized carbons (Fsp3) is 0.304. The maximum absolute atomic E-state index is 13.7.